The average molecular weight is 353 g/mol. The number of aromatic nitrogens is 1. The number of aryl methyl sites for hydroxylation is 1. The van der Waals surface area contributed by atoms with Crippen LogP contribution in [0.15, 0.2) is 10.4 Å². The van der Waals surface area contributed by atoms with Crippen molar-refractivity contribution in [2.24, 2.45) is 4.99 Å². The Morgan fingerprint density at radius 2 is 2.29 bits per heavy atom. The van der Waals surface area contributed by atoms with Crippen molar-refractivity contribution in [1.29, 1.82) is 0 Å². The van der Waals surface area contributed by atoms with Gasteiger partial charge in [0.25, 0.3) is 0 Å². The molecule has 0 aromatic carbocycles. The van der Waals surface area contributed by atoms with E-state index in [0.29, 0.717) is 19.0 Å². The van der Waals surface area contributed by atoms with E-state index < -0.39 is 0 Å². The van der Waals surface area contributed by atoms with Gasteiger partial charge in [0.2, 0.25) is 5.91 Å². The van der Waals surface area contributed by atoms with Crippen LogP contribution in [-0.4, -0.2) is 73.6 Å². The first-order valence-corrected chi connectivity index (χ1v) is 9.06. The monoisotopic (exact) mass is 353 g/mol. The van der Waals surface area contributed by atoms with Gasteiger partial charge in [-0.1, -0.05) is 0 Å². The lowest BCUT2D eigenvalue weighted by Crippen LogP contribution is -2.42. The largest absolute Gasteiger partial charge is 0.376 e. The molecule has 1 fully saturated rings. The predicted octanol–water partition coefficient (Wildman–Crippen LogP) is 1.10. The molecule has 0 radical (unpaired) electrons. The highest BCUT2D eigenvalue weighted by Crippen LogP contribution is 2.12. The van der Waals surface area contributed by atoms with Crippen LogP contribution < -0.4 is 5.32 Å². The molecule has 1 aromatic heterocycles. The number of hydrogen-bond acceptors (Lipinski definition) is 5. The number of guanidine groups is 1. The van der Waals surface area contributed by atoms with Gasteiger partial charge in [-0.25, -0.2) is 9.98 Å². The number of rotatable bonds is 6. The second kappa shape index (κ2) is 8.98. The van der Waals surface area contributed by atoms with E-state index in [9.17, 15) is 4.79 Å². The van der Waals surface area contributed by atoms with E-state index in [1.807, 2.05) is 18.9 Å². The number of carbonyl (C=O) groups excluding carboxylic acids is 1. The first-order chi connectivity index (χ1) is 11.5. The average Bonchev–Trinajstić information content (AvgIpc) is 3.18. The molecule has 1 saturated heterocycles. The predicted molar refractivity (Wildman–Crippen MR) is 96.3 cm³/mol. The Hall–Kier alpha value is -1.67. The minimum Gasteiger partial charge on any atom is -0.376 e. The summed E-state index contributed by atoms with van der Waals surface area (Å²) in [6.07, 6.45) is 2.38. The topological polar surface area (TPSA) is 70.1 Å². The second-order valence-electron chi connectivity index (χ2n) is 6.16. The number of amides is 1. The molecule has 24 heavy (non-hydrogen) atoms. The van der Waals surface area contributed by atoms with E-state index in [1.165, 1.54) is 0 Å². The summed E-state index contributed by atoms with van der Waals surface area (Å²) in [6.45, 7) is 4.30. The molecule has 0 aliphatic carbocycles. The van der Waals surface area contributed by atoms with Gasteiger partial charge in [-0.2, -0.15) is 0 Å². The number of hydrogen-bond donors (Lipinski definition) is 1. The van der Waals surface area contributed by atoms with Crippen LogP contribution in [0.1, 0.15) is 23.5 Å². The van der Waals surface area contributed by atoms with Crippen molar-refractivity contribution >= 4 is 23.2 Å². The molecular weight excluding hydrogens is 326 g/mol. The number of thiazole rings is 1. The summed E-state index contributed by atoms with van der Waals surface area (Å²) in [5.74, 6) is 0.677. The number of nitrogens with one attached hydrogen (secondary N) is 1. The molecule has 0 saturated carbocycles. The molecule has 7 nitrogen and oxygen atoms in total. The molecule has 134 valence electrons. The summed E-state index contributed by atoms with van der Waals surface area (Å²) in [6, 6.07) is 0. The van der Waals surface area contributed by atoms with Gasteiger partial charge >= 0.3 is 0 Å². The smallest absolute Gasteiger partial charge is 0.243 e. The van der Waals surface area contributed by atoms with Gasteiger partial charge in [-0.15, -0.1) is 11.3 Å². The zero-order chi connectivity index (χ0) is 17.5. The van der Waals surface area contributed by atoms with Crippen molar-refractivity contribution in [2.75, 3.05) is 40.8 Å². The molecule has 1 N–H and O–H groups in total. The van der Waals surface area contributed by atoms with Crippen molar-refractivity contribution in [3.05, 3.63) is 16.1 Å². The summed E-state index contributed by atoms with van der Waals surface area (Å²) in [5.41, 5.74) is 1.01. The maximum atomic E-state index is 11.8. The normalized spacial score (nSPS) is 17.8. The number of nitrogens with zero attached hydrogens (tertiary/aromatic N) is 4. The summed E-state index contributed by atoms with van der Waals surface area (Å²) >= 11 is 1.64. The summed E-state index contributed by atoms with van der Waals surface area (Å²) in [7, 11) is 5.42. The van der Waals surface area contributed by atoms with Crippen LogP contribution in [-0.2, 0) is 16.1 Å². The van der Waals surface area contributed by atoms with Crippen LogP contribution in [0.2, 0.25) is 0 Å². The fourth-order valence-electron chi connectivity index (χ4n) is 2.40. The van der Waals surface area contributed by atoms with Crippen LogP contribution in [0.3, 0.4) is 0 Å². The molecule has 0 bridgehead atoms. The van der Waals surface area contributed by atoms with Crippen molar-refractivity contribution in [1.82, 2.24) is 20.1 Å². The zero-order valence-electron chi connectivity index (χ0n) is 14.9. The van der Waals surface area contributed by atoms with E-state index in [4.69, 9.17) is 4.74 Å². The molecule has 2 rings (SSSR count). The van der Waals surface area contributed by atoms with Gasteiger partial charge in [0.05, 0.1) is 23.4 Å². The fourth-order valence-corrected chi connectivity index (χ4v) is 3.01. The molecule has 1 amide bonds. The van der Waals surface area contributed by atoms with Gasteiger partial charge in [0.15, 0.2) is 5.96 Å². The molecule has 1 unspecified atom stereocenters. The highest BCUT2D eigenvalue weighted by Gasteiger charge is 2.17. The highest BCUT2D eigenvalue weighted by molar-refractivity contribution is 7.09. The molecule has 0 spiro atoms. The van der Waals surface area contributed by atoms with E-state index >= 15 is 0 Å². The Labute approximate surface area is 147 Å². The maximum Gasteiger partial charge on any atom is 0.243 e. The Kier molecular flexibility index (Phi) is 6.99. The highest BCUT2D eigenvalue weighted by atomic mass is 32.1. The van der Waals surface area contributed by atoms with Crippen molar-refractivity contribution in [3.63, 3.8) is 0 Å². The number of aliphatic imine (C=N–C) groups is 1. The molecule has 8 heteroatoms. The van der Waals surface area contributed by atoms with Crippen LogP contribution in [0.25, 0.3) is 0 Å². The maximum absolute atomic E-state index is 11.8. The van der Waals surface area contributed by atoms with E-state index in [-0.39, 0.29) is 18.6 Å². The quantitative estimate of drug-likeness (QED) is 0.612. The van der Waals surface area contributed by atoms with Gasteiger partial charge in [0.1, 0.15) is 6.54 Å². The van der Waals surface area contributed by atoms with Crippen LogP contribution in [0.5, 0.6) is 0 Å². The van der Waals surface area contributed by atoms with Gasteiger partial charge in [-0.05, 0) is 19.8 Å². The van der Waals surface area contributed by atoms with Gasteiger partial charge < -0.3 is 19.9 Å². The molecule has 1 aliphatic rings. The second-order valence-corrected chi connectivity index (χ2v) is 7.22. The van der Waals surface area contributed by atoms with Crippen LogP contribution >= 0.6 is 11.3 Å². The fraction of sp³-hybridized carbons (Fsp3) is 0.688. The Bertz CT molecular complexity index is 567. The summed E-state index contributed by atoms with van der Waals surface area (Å²) < 4.78 is 5.65. The Morgan fingerprint density at radius 1 is 1.50 bits per heavy atom. The number of likely N-dealkylation sites (N-methyl/N-ethyl adjacent to an activating group) is 1. The molecule has 1 aromatic rings. The van der Waals surface area contributed by atoms with E-state index in [0.717, 1.165) is 30.2 Å². The van der Waals surface area contributed by atoms with Crippen molar-refractivity contribution in [3.8, 4) is 0 Å². The molecule has 1 aliphatic heterocycles. The standard InChI is InChI=1S/C16H27N5O2S/c1-12-19-13(11-24-12)10-21(4)16(18-9-15(22)20(2)3)17-8-14-6-5-7-23-14/h11,14H,5-10H2,1-4H3,(H,17,18). The Balaban J connectivity index is 1.98. The summed E-state index contributed by atoms with van der Waals surface area (Å²) in [4.78, 5) is 24.3. The summed E-state index contributed by atoms with van der Waals surface area (Å²) in [5, 5.41) is 6.44. The zero-order valence-corrected chi connectivity index (χ0v) is 15.7. The first-order valence-electron chi connectivity index (χ1n) is 8.18. The van der Waals surface area contributed by atoms with E-state index in [2.05, 4.69) is 20.7 Å². The van der Waals surface area contributed by atoms with Crippen LogP contribution in [0.4, 0.5) is 0 Å². The van der Waals surface area contributed by atoms with Crippen LogP contribution in [0, 0.1) is 6.92 Å². The molecular formula is C16H27N5O2S. The van der Waals surface area contributed by atoms with Gasteiger partial charge in [0, 0.05) is 39.7 Å². The van der Waals surface area contributed by atoms with Gasteiger partial charge in [-0.3, -0.25) is 4.79 Å². The first kappa shape index (κ1) is 18.7. The number of carbonyl (C=O) groups is 1. The lowest BCUT2D eigenvalue weighted by atomic mass is 10.2. The van der Waals surface area contributed by atoms with Crippen molar-refractivity contribution < 1.29 is 9.53 Å². The Morgan fingerprint density at radius 3 is 2.88 bits per heavy atom. The third kappa shape index (κ3) is 5.76. The lowest BCUT2D eigenvalue weighted by molar-refractivity contribution is -0.127. The SMILES string of the molecule is Cc1nc(CN(C)C(=NCC(=O)N(C)C)NCC2CCCO2)cs1. The van der Waals surface area contributed by atoms with E-state index in [1.54, 1.807) is 30.3 Å². The molecule has 1 atom stereocenters. The van der Waals surface area contributed by atoms with Crippen molar-refractivity contribution in [2.45, 2.75) is 32.4 Å². The minimum atomic E-state index is -0.0238. The lowest BCUT2D eigenvalue weighted by Gasteiger charge is -2.23. The minimum absolute atomic E-state index is 0.0238. The third-order valence-electron chi connectivity index (χ3n) is 3.80. The third-order valence-corrected chi connectivity index (χ3v) is 4.62. The molecule has 2 heterocycles. The number of ether oxygens (including phenoxy) is 1.